The molecule has 0 radical (unpaired) electrons. The Labute approximate surface area is 128 Å². The van der Waals surface area contributed by atoms with Crippen LogP contribution in [0.5, 0.6) is 0 Å². The minimum absolute atomic E-state index is 0.0856. The fraction of sp³-hybridized carbons (Fsp3) is 0.0769. The Morgan fingerprint density at radius 1 is 1.13 bits per heavy atom. The monoisotopic (exact) mass is 342 g/mol. The summed E-state index contributed by atoms with van der Waals surface area (Å²) < 4.78 is 64.0. The van der Waals surface area contributed by atoms with E-state index in [0.29, 0.717) is 10.2 Å². The van der Waals surface area contributed by atoms with Crippen molar-refractivity contribution in [3.8, 4) is 0 Å². The molecule has 3 rings (SSSR count). The van der Waals surface area contributed by atoms with Crippen LogP contribution in [0.2, 0.25) is 0 Å². The lowest BCUT2D eigenvalue weighted by Crippen LogP contribution is -2.16. The van der Waals surface area contributed by atoms with E-state index in [1.807, 2.05) is 0 Å². The van der Waals surface area contributed by atoms with Gasteiger partial charge in [-0.25, -0.2) is 0 Å². The lowest BCUT2D eigenvalue weighted by molar-refractivity contribution is -0.137. The maximum Gasteiger partial charge on any atom is 0.416 e. The van der Waals surface area contributed by atoms with E-state index in [1.54, 1.807) is 0 Å². The average molecular weight is 342 g/mol. The van der Waals surface area contributed by atoms with Crippen molar-refractivity contribution >= 4 is 26.7 Å². The van der Waals surface area contributed by atoms with E-state index in [9.17, 15) is 21.6 Å². The zero-order valence-corrected chi connectivity index (χ0v) is 12.1. The van der Waals surface area contributed by atoms with Crippen molar-refractivity contribution in [2.24, 2.45) is 0 Å². The van der Waals surface area contributed by atoms with Gasteiger partial charge in [-0.2, -0.15) is 30.8 Å². The van der Waals surface area contributed by atoms with Crippen molar-refractivity contribution in [1.82, 2.24) is 14.2 Å². The first-order chi connectivity index (χ1) is 10.7. The number of fused-ring (bicyclic) bond motifs is 1. The van der Waals surface area contributed by atoms with E-state index in [0.717, 1.165) is 18.2 Å². The van der Waals surface area contributed by atoms with Gasteiger partial charge in [0, 0.05) is 0 Å². The van der Waals surface area contributed by atoms with E-state index in [4.69, 9.17) is 5.73 Å². The Hall–Kier alpha value is -2.62. The topological polar surface area (TPSA) is 90.9 Å². The van der Waals surface area contributed by atoms with Crippen LogP contribution in [-0.4, -0.2) is 22.6 Å². The second kappa shape index (κ2) is 4.95. The first-order valence-electron chi connectivity index (χ1n) is 6.22. The second-order valence-corrected chi connectivity index (χ2v) is 6.46. The molecule has 0 fully saturated rings. The molecule has 0 atom stereocenters. The third kappa shape index (κ3) is 2.61. The Morgan fingerprint density at radius 2 is 1.87 bits per heavy atom. The van der Waals surface area contributed by atoms with Crippen LogP contribution in [0.3, 0.4) is 0 Å². The Bertz CT molecular complexity index is 996. The first kappa shape index (κ1) is 15.3. The summed E-state index contributed by atoms with van der Waals surface area (Å²) in [5.74, 6) is 0. The standard InChI is InChI=1S/C13H9F3N4O2S/c14-13(15,16)8-2-1-3-10(4-8)23(21,22)20-12-5-9(17)6-18-11(12)7-19-20/h1-7H,17H2. The SMILES string of the molecule is Nc1cnc2cnn(S(=O)(=O)c3cccc(C(F)(F)F)c3)c2c1. The number of pyridine rings is 1. The molecule has 6 nitrogen and oxygen atoms in total. The normalized spacial score (nSPS) is 12.7. The highest BCUT2D eigenvalue weighted by Gasteiger charge is 2.32. The van der Waals surface area contributed by atoms with Crippen molar-refractivity contribution in [3.63, 3.8) is 0 Å². The molecular formula is C13H9F3N4O2S. The van der Waals surface area contributed by atoms with Crippen LogP contribution < -0.4 is 5.73 Å². The lowest BCUT2D eigenvalue weighted by atomic mass is 10.2. The summed E-state index contributed by atoms with van der Waals surface area (Å²) in [6.45, 7) is 0. The molecule has 0 aliphatic heterocycles. The van der Waals surface area contributed by atoms with Gasteiger partial charge >= 0.3 is 6.18 Å². The number of nitrogen functional groups attached to an aromatic ring is 1. The van der Waals surface area contributed by atoms with Gasteiger partial charge in [0.1, 0.15) is 11.0 Å². The second-order valence-electron chi connectivity index (χ2n) is 4.69. The zero-order valence-electron chi connectivity index (χ0n) is 11.3. The van der Waals surface area contributed by atoms with E-state index < -0.39 is 26.7 Å². The van der Waals surface area contributed by atoms with Crippen LogP contribution in [0.25, 0.3) is 11.0 Å². The van der Waals surface area contributed by atoms with E-state index in [2.05, 4.69) is 10.1 Å². The highest BCUT2D eigenvalue weighted by Crippen LogP contribution is 2.31. The maximum atomic E-state index is 12.8. The summed E-state index contributed by atoms with van der Waals surface area (Å²) in [6.07, 6.45) is -2.13. The zero-order chi connectivity index (χ0) is 16.8. The molecule has 120 valence electrons. The highest BCUT2D eigenvalue weighted by molar-refractivity contribution is 7.90. The third-order valence-electron chi connectivity index (χ3n) is 3.10. The number of hydrogen-bond acceptors (Lipinski definition) is 5. The van der Waals surface area contributed by atoms with Gasteiger partial charge in [0.05, 0.1) is 28.5 Å². The fourth-order valence-electron chi connectivity index (χ4n) is 2.03. The van der Waals surface area contributed by atoms with Gasteiger partial charge in [-0.1, -0.05) is 6.07 Å². The smallest absolute Gasteiger partial charge is 0.397 e. The number of halogens is 3. The molecular weight excluding hydrogens is 333 g/mol. The predicted octanol–water partition coefficient (Wildman–Crippen LogP) is 2.27. The summed E-state index contributed by atoms with van der Waals surface area (Å²) in [6, 6.07) is 4.77. The molecule has 0 bridgehead atoms. The van der Waals surface area contributed by atoms with Crippen molar-refractivity contribution in [3.05, 3.63) is 48.3 Å². The van der Waals surface area contributed by atoms with Gasteiger partial charge < -0.3 is 5.73 Å². The lowest BCUT2D eigenvalue weighted by Gasteiger charge is -2.10. The molecule has 0 aliphatic carbocycles. The van der Waals surface area contributed by atoms with Gasteiger partial charge in [0.15, 0.2) is 0 Å². The Morgan fingerprint density at radius 3 is 2.57 bits per heavy atom. The van der Waals surface area contributed by atoms with E-state index >= 15 is 0 Å². The molecule has 0 amide bonds. The van der Waals surface area contributed by atoms with Crippen LogP contribution in [0.1, 0.15) is 5.56 Å². The molecule has 3 aromatic rings. The van der Waals surface area contributed by atoms with Gasteiger partial charge in [-0.15, -0.1) is 0 Å². The number of benzene rings is 1. The van der Waals surface area contributed by atoms with Gasteiger partial charge in [0.2, 0.25) is 0 Å². The summed E-state index contributed by atoms with van der Waals surface area (Å²) in [4.78, 5) is 3.38. The molecule has 2 aromatic heterocycles. The molecule has 1 aromatic carbocycles. The molecule has 2 N–H and O–H groups in total. The minimum Gasteiger partial charge on any atom is -0.397 e. The van der Waals surface area contributed by atoms with Gasteiger partial charge in [-0.3, -0.25) is 4.98 Å². The molecule has 10 heteroatoms. The quantitative estimate of drug-likeness (QED) is 0.771. The van der Waals surface area contributed by atoms with Crippen molar-refractivity contribution in [2.45, 2.75) is 11.1 Å². The molecule has 0 aliphatic rings. The molecule has 2 heterocycles. The summed E-state index contributed by atoms with van der Waals surface area (Å²) in [5.41, 5.74) is 5.06. The Balaban J connectivity index is 2.20. The van der Waals surface area contributed by atoms with Crippen LogP contribution >= 0.6 is 0 Å². The largest absolute Gasteiger partial charge is 0.416 e. The molecule has 0 unspecified atom stereocenters. The number of rotatable bonds is 2. The number of alkyl halides is 3. The van der Waals surface area contributed by atoms with Crippen LogP contribution in [-0.2, 0) is 16.2 Å². The number of nitrogens with two attached hydrogens (primary N) is 1. The average Bonchev–Trinajstić information content (AvgIpc) is 2.90. The minimum atomic E-state index is -4.65. The van der Waals surface area contributed by atoms with Crippen molar-refractivity contribution < 1.29 is 21.6 Å². The number of nitrogens with zero attached hydrogens (tertiary/aromatic N) is 3. The molecule has 23 heavy (non-hydrogen) atoms. The number of aromatic nitrogens is 3. The Kier molecular flexibility index (Phi) is 3.29. The van der Waals surface area contributed by atoms with Gasteiger partial charge in [-0.05, 0) is 24.3 Å². The van der Waals surface area contributed by atoms with E-state index in [-0.39, 0.29) is 16.7 Å². The first-order valence-corrected chi connectivity index (χ1v) is 7.66. The van der Waals surface area contributed by atoms with Gasteiger partial charge in [0.25, 0.3) is 10.0 Å². The van der Waals surface area contributed by atoms with Crippen LogP contribution in [0.4, 0.5) is 18.9 Å². The predicted molar refractivity (Wildman–Crippen MR) is 76.0 cm³/mol. The number of anilines is 1. The summed E-state index contributed by atoms with van der Waals surface area (Å²) in [5, 5.41) is 3.71. The highest BCUT2D eigenvalue weighted by atomic mass is 32.2. The van der Waals surface area contributed by atoms with Crippen molar-refractivity contribution in [1.29, 1.82) is 0 Å². The van der Waals surface area contributed by atoms with E-state index in [1.165, 1.54) is 18.5 Å². The maximum absolute atomic E-state index is 12.8. The number of hydrogen-bond donors (Lipinski definition) is 1. The summed E-state index contributed by atoms with van der Waals surface area (Å²) >= 11 is 0. The van der Waals surface area contributed by atoms with Crippen LogP contribution in [0.15, 0.2) is 47.6 Å². The summed E-state index contributed by atoms with van der Waals surface area (Å²) in [7, 11) is -4.31. The molecule has 0 spiro atoms. The van der Waals surface area contributed by atoms with Crippen LogP contribution in [0, 0.1) is 0 Å². The third-order valence-corrected chi connectivity index (χ3v) is 4.69. The molecule has 0 saturated carbocycles. The molecule has 0 saturated heterocycles. The fourth-order valence-corrected chi connectivity index (χ4v) is 3.33. The van der Waals surface area contributed by atoms with Crippen molar-refractivity contribution in [2.75, 3.05) is 5.73 Å².